The molecule has 3 rings (SSSR count). The van der Waals surface area contributed by atoms with E-state index in [0.29, 0.717) is 11.8 Å². The van der Waals surface area contributed by atoms with Crippen molar-refractivity contribution >= 4 is 11.8 Å². The smallest absolute Gasteiger partial charge is 0.225 e. The molecule has 4 nitrogen and oxygen atoms in total. The molecule has 0 aromatic rings. The first-order valence-electron chi connectivity index (χ1n) is 11.6. The highest BCUT2D eigenvalue weighted by Crippen LogP contribution is 2.32. The fourth-order valence-corrected chi connectivity index (χ4v) is 5.44. The lowest BCUT2D eigenvalue weighted by Crippen LogP contribution is -2.42. The summed E-state index contributed by atoms with van der Waals surface area (Å²) >= 11 is 0. The van der Waals surface area contributed by atoms with Crippen LogP contribution in [0.3, 0.4) is 0 Å². The van der Waals surface area contributed by atoms with E-state index >= 15 is 0 Å². The summed E-state index contributed by atoms with van der Waals surface area (Å²) in [6, 6.07) is 0. The molecule has 1 saturated carbocycles. The molecular weight excluding hydrogens is 336 g/mol. The Kier molecular flexibility index (Phi) is 7.60. The van der Waals surface area contributed by atoms with Crippen LogP contribution in [0.25, 0.3) is 0 Å². The first kappa shape index (κ1) is 20.7. The summed E-state index contributed by atoms with van der Waals surface area (Å²) < 4.78 is 0. The van der Waals surface area contributed by atoms with Crippen LogP contribution in [-0.4, -0.2) is 47.8 Å². The monoisotopic (exact) mass is 376 g/mol. The van der Waals surface area contributed by atoms with Crippen LogP contribution in [0.1, 0.15) is 84.5 Å². The number of piperidine rings is 2. The third kappa shape index (κ3) is 5.96. The molecule has 3 fully saturated rings. The number of carbonyl (C=O) groups is 2. The average Bonchev–Trinajstić information content (AvgIpc) is 2.69. The zero-order valence-corrected chi connectivity index (χ0v) is 17.6. The minimum atomic E-state index is 0.234. The van der Waals surface area contributed by atoms with Crippen LogP contribution < -0.4 is 0 Å². The van der Waals surface area contributed by atoms with Crippen molar-refractivity contribution in [1.82, 2.24) is 9.80 Å². The summed E-state index contributed by atoms with van der Waals surface area (Å²) in [6.07, 6.45) is 13.5. The molecule has 4 heteroatoms. The summed E-state index contributed by atoms with van der Waals surface area (Å²) in [5.41, 5.74) is 0. The van der Waals surface area contributed by atoms with Crippen LogP contribution in [0.4, 0.5) is 0 Å². The Hall–Kier alpha value is -1.06. The van der Waals surface area contributed by atoms with Crippen molar-refractivity contribution in [3.05, 3.63) is 0 Å². The molecule has 0 unspecified atom stereocenters. The van der Waals surface area contributed by atoms with Gasteiger partial charge in [0.25, 0.3) is 0 Å². The number of nitrogens with zero attached hydrogens (tertiary/aromatic N) is 2. The first-order chi connectivity index (χ1) is 13.0. The largest absolute Gasteiger partial charge is 0.343 e. The summed E-state index contributed by atoms with van der Waals surface area (Å²) in [6.45, 7) is 7.91. The minimum absolute atomic E-state index is 0.234. The van der Waals surface area contributed by atoms with Gasteiger partial charge in [-0.1, -0.05) is 26.2 Å². The Morgan fingerprint density at radius 3 is 1.70 bits per heavy atom. The highest BCUT2D eigenvalue weighted by atomic mass is 16.2. The van der Waals surface area contributed by atoms with Gasteiger partial charge in [-0.15, -0.1) is 0 Å². The van der Waals surface area contributed by atoms with E-state index in [0.717, 1.165) is 56.8 Å². The normalized spacial score (nSPS) is 28.4. The van der Waals surface area contributed by atoms with Gasteiger partial charge in [-0.2, -0.15) is 0 Å². The Morgan fingerprint density at radius 1 is 0.741 bits per heavy atom. The highest BCUT2D eigenvalue weighted by molar-refractivity contribution is 5.79. The standard InChI is InChI=1S/C23H40N2O2/c1-18-6-8-22(9-7-18)23(27)25-16-12-21(13-17-25)5-3-4-20-10-14-24(15-11-20)19(2)26/h18,20-22H,3-17H2,1-2H3. The second kappa shape index (κ2) is 9.93. The van der Waals surface area contributed by atoms with E-state index < -0.39 is 0 Å². The molecule has 0 N–H and O–H groups in total. The van der Waals surface area contributed by atoms with E-state index in [2.05, 4.69) is 11.8 Å². The molecule has 1 aliphatic carbocycles. The number of rotatable bonds is 5. The van der Waals surface area contributed by atoms with E-state index in [-0.39, 0.29) is 5.91 Å². The van der Waals surface area contributed by atoms with E-state index in [1.54, 1.807) is 6.92 Å². The predicted molar refractivity (Wildman–Crippen MR) is 109 cm³/mol. The molecule has 2 aliphatic heterocycles. The second-order valence-electron chi connectivity index (χ2n) is 9.61. The van der Waals surface area contributed by atoms with Gasteiger partial charge in [-0.25, -0.2) is 0 Å². The maximum Gasteiger partial charge on any atom is 0.225 e. The molecule has 0 radical (unpaired) electrons. The van der Waals surface area contributed by atoms with Crippen molar-refractivity contribution in [2.24, 2.45) is 23.7 Å². The summed E-state index contributed by atoms with van der Waals surface area (Å²) in [4.78, 5) is 28.3. The molecule has 2 saturated heterocycles. The van der Waals surface area contributed by atoms with Gasteiger partial charge >= 0.3 is 0 Å². The van der Waals surface area contributed by atoms with Crippen molar-refractivity contribution < 1.29 is 9.59 Å². The first-order valence-corrected chi connectivity index (χ1v) is 11.6. The SMILES string of the molecule is CC(=O)N1CCC(CCCC2CCN(C(=O)C3CCC(C)CC3)CC2)CC1. The van der Waals surface area contributed by atoms with Crippen molar-refractivity contribution in [3.63, 3.8) is 0 Å². The molecule has 0 aromatic carbocycles. The molecule has 2 amide bonds. The van der Waals surface area contributed by atoms with Crippen LogP contribution in [0.2, 0.25) is 0 Å². The molecule has 2 heterocycles. The Balaban J connectivity index is 1.29. The maximum atomic E-state index is 12.8. The van der Waals surface area contributed by atoms with Crippen molar-refractivity contribution in [2.45, 2.75) is 84.5 Å². The number of hydrogen-bond acceptors (Lipinski definition) is 2. The van der Waals surface area contributed by atoms with Crippen molar-refractivity contribution in [2.75, 3.05) is 26.2 Å². The lowest BCUT2D eigenvalue weighted by atomic mass is 9.81. The Morgan fingerprint density at radius 2 is 1.22 bits per heavy atom. The molecule has 0 atom stereocenters. The van der Waals surface area contributed by atoms with Gasteiger partial charge in [0.15, 0.2) is 0 Å². The van der Waals surface area contributed by atoms with Crippen molar-refractivity contribution in [3.8, 4) is 0 Å². The van der Waals surface area contributed by atoms with Gasteiger partial charge < -0.3 is 9.80 Å². The molecule has 154 valence electrons. The minimum Gasteiger partial charge on any atom is -0.343 e. The molecule has 0 aromatic heterocycles. The lowest BCUT2D eigenvalue weighted by Gasteiger charge is -2.36. The van der Waals surface area contributed by atoms with Crippen molar-refractivity contribution in [1.29, 1.82) is 0 Å². The van der Waals surface area contributed by atoms with Crippen LogP contribution in [0.5, 0.6) is 0 Å². The number of likely N-dealkylation sites (tertiary alicyclic amines) is 2. The fraction of sp³-hybridized carbons (Fsp3) is 0.913. The fourth-order valence-electron chi connectivity index (χ4n) is 5.44. The van der Waals surface area contributed by atoms with E-state index in [1.807, 2.05) is 4.90 Å². The average molecular weight is 377 g/mol. The highest BCUT2D eigenvalue weighted by Gasteiger charge is 2.30. The quantitative estimate of drug-likeness (QED) is 0.710. The van der Waals surface area contributed by atoms with Crippen LogP contribution >= 0.6 is 0 Å². The zero-order valence-electron chi connectivity index (χ0n) is 17.6. The van der Waals surface area contributed by atoms with Crippen LogP contribution in [0.15, 0.2) is 0 Å². The number of amides is 2. The lowest BCUT2D eigenvalue weighted by molar-refractivity contribution is -0.138. The van der Waals surface area contributed by atoms with E-state index in [1.165, 1.54) is 57.8 Å². The zero-order chi connectivity index (χ0) is 19.2. The third-order valence-corrected chi connectivity index (χ3v) is 7.58. The van der Waals surface area contributed by atoms with Gasteiger partial charge in [-0.3, -0.25) is 9.59 Å². The predicted octanol–water partition coefficient (Wildman–Crippen LogP) is 4.48. The molecule has 0 bridgehead atoms. The summed E-state index contributed by atoms with van der Waals surface area (Å²) in [5.74, 6) is 3.46. The van der Waals surface area contributed by atoms with Gasteiger partial charge in [0.2, 0.25) is 11.8 Å². The number of hydrogen-bond donors (Lipinski definition) is 0. The van der Waals surface area contributed by atoms with E-state index in [9.17, 15) is 9.59 Å². The third-order valence-electron chi connectivity index (χ3n) is 7.58. The topological polar surface area (TPSA) is 40.6 Å². The Bertz CT molecular complexity index is 483. The van der Waals surface area contributed by atoms with Gasteiger partial charge in [-0.05, 0) is 69.1 Å². The van der Waals surface area contributed by atoms with Gasteiger partial charge in [0.05, 0.1) is 0 Å². The van der Waals surface area contributed by atoms with Gasteiger partial charge in [0.1, 0.15) is 0 Å². The number of carbonyl (C=O) groups excluding carboxylic acids is 2. The molecule has 0 spiro atoms. The van der Waals surface area contributed by atoms with Crippen LogP contribution in [0, 0.1) is 23.7 Å². The summed E-state index contributed by atoms with van der Waals surface area (Å²) in [7, 11) is 0. The maximum absolute atomic E-state index is 12.8. The van der Waals surface area contributed by atoms with E-state index in [4.69, 9.17) is 0 Å². The van der Waals surface area contributed by atoms with Crippen LogP contribution in [-0.2, 0) is 9.59 Å². The second-order valence-corrected chi connectivity index (χ2v) is 9.61. The molecule has 27 heavy (non-hydrogen) atoms. The summed E-state index contributed by atoms with van der Waals surface area (Å²) in [5, 5.41) is 0. The molecule has 3 aliphatic rings. The van der Waals surface area contributed by atoms with Gasteiger partial charge in [0, 0.05) is 39.0 Å². The molecular formula is C23H40N2O2. The Labute approximate surface area is 166 Å².